The van der Waals surface area contributed by atoms with Crippen LogP contribution in [0.15, 0.2) is 24.3 Å². The summed E-state index contributed by atoms with van der Waals surface area (Å²) >= 11 is 6.20. The number of benzene rings is 1. The third kappa shape index (κ3) is 2.60. The van der Waals surface area contributed by atoms with Crippen molar-refractivity contribution in [3.8, 4) is 5.75 Å². The number of rotatable bonds is 4. The molecule has 2 aromatic rings. The van der Waals surface area contributed by atoms with Gasteiger partial charge in [0.1, 0.15) is 5.75 Å². The molecule has 1 unspecified atom stereocenters. The number of hydrogen-bond acceptors (Lipinski definition) is 3. The summed E-state index contributed by atoms with van der Waals surface area (Å²) in [5.74, 6) is 0.809. The van der Waals surface area contributed by atoms with Gasteiger partial charge in [0.15, 0.2) is 0 Å². The Morgan fingerprint density at radius 2 is 2.16 bits per heavy atom. The molecule has 0 spiro atoms. The molecule has 0 radical (unpaired) electrons. The highest BCUT2D eigenvalue weighted by Gasteiger charge is 2.18. The molecule has 2 N–H and O–H groups in total. The van der Waals surface area contributed by atoms with Crippen LogP contribution < -0.4 is 10.5 Å². The van der Waals surface area contributed by atoms with E-state index in [1.807, 2.05) is 42.8 Å². The van der Waals surface area contributed by atoms with Crippen molar-refractivity contribution in [1.29, 1.82) is 0 Å². The SMILES string of the molecule is COc1cccc(C(CN)n2nc(C)c(Cl)c2C)c1. The van der Waals surface area contributed by atoms with Crippen molar-refractivity contribution in [2.75, 3.05) is 13.7 Å². The molecule has 0 bridgehead atoms. The van der Waals surface area contributed by atoms with Crippen LogP contribution in [0.2, 0.25) is 5.02 Å². The maximum atomic E-state index is 6.20. The zero-order valence-corrected chi connectivity index (χ0v) is 12.1. The highest BCUT2D eigenvalue weighted by atomic mass is 35.5. The van der Waals surface area contributed by atoms with Crippen LogP contribution in [-0.2, 0) is 0 Å². The monoisotopic (exact) mass is 279 g/mol. The molecule has 102 valence electrons. The van der Waals surface area contributed by atoms with Gasteiger partial charge in [-0.1, -0.05) is 23.7 Å². The quantitative estimate of drug-likeness (QED) is 0.936. The fourth-order valence-electron chi connectivity index (χ4n) is 2.17. The van der Waals surface area contributed by atoms with Crippen molar-refractivity contribution in [2.24, 2.45) is 5.73 Å². The Labute approximate surface area is 118 Å². The van der Waals surface area contributed by atoms with Crippen LogP contribution in [0.4, 0.5) is 0 Å². The summed E-state index contributed by atoms with van der Waals surface area (Å²) in [4.78, 5) is 0. The Balaban J connectivity index is 2.46. The van der Waals surface area contributed by atoms with Crippen LogP contribution in [0, 0.1) is 13.8 Å². The minimum absolute atomic E-state index is 0.0405. The number of nitrogens with two attached hydrogens (primary N) is 1. The van der Waals surface area contributed by atoms with Gasteiger partial charge in [0.2, 0.25) is 0 Å². The first-order chi connectivity index (χ1) is 9.08. The fraction of sp³-hybridized carbons (Fsp3) is 0.357. The Hall–Kier alpha value is -1.52. The van der Waals surface area contributed by atoms with Gasteiger partial charge in [-0.05, 0) is 31.5 Å². The smallest absolute Gasteiger partial charge is 0.119 e. The molecule has 1 heterocycles. The fourth-order valence-corrected chi connectivity index (χ4v) is 2.30. The van der Waals surface area contributed by atoms with E-state index >= 15 is 0 Å². The molecule has 2 rings (SSSR count). The Kier molecular flexibility index (Phi) is 4.12. The van der Waals surface area contributed by atoms with Crippen molar-refractivity contribution < 1.29 is 4.74 Å². The molecule has 0 saturated carbocycles. The second kappa shape index (κ2) is 5.63. The molecular weight excluding hydrogens is 262 g/mol. The molecule has 19 heavy (non-hydrogen) atoms. The van der Waals surface area contributed by atoms with E-state index in [0.29, 0.717) is 11.6 Å². The lowest BCUT2D eigenvalue weighted by Gasteiger charge is -2.18. The lowest BCUT2D eigenvalue weighted by atomic mass is 10.1. The molecule has 1 aromatic heterocycles. The van der Waals surface area contributed by atoms with Gasteiger partial charge in [-0.15, -0.1) is 0 Å². The molecule has 5 heteroatoms. The molecule has 1 aromatic carbocycles. The van der Waals surface area contributed by atoms with Crippen LogP contribution >= 0.6 is 11.6 Å². The number of hydrogen-bond donors (Lipinski definition) is 1. The molecule has 0 aliphatic rings. The van der Waals surface area contributed by atoms with Crippen molar-refractivity contribution in [1.82, 2.24) is 9.78 Å². The molecule has 0 saturated heterocycles. The number of nitrogens with zero attached hydrogens (tertiary/aromatic N) is 2. The second-order valence-electron chi connectivity index (χ2n) is 4.46. The molecular formula is C14H18ClN3O. The maximum Gasteiger partial charge on any atom is 0.119 e. The number of ether oxygens (including phenoxy) is 1. The highest BCUT2D eigenvalue weighted by Crippen LogP contribution is 2.27. The average molecular weight is 280 g/mol. The highest BCUT2D eigenvalue weighted by molar-refractivity contribution is 6.31. The van der Waals surface area contributed by atoms with Crippen LogP contribution in [0.5, 0.6) is 5.75 Å². The number of methoxy groups -OCH3 is 1. The predicted molar refractivity (Wildman–Crippen MR) is 76.9 cm³/mol. The standard InChI is InChI=1S/C14H18ClN3O/c1-9-14(15)10(2)18(17-9)13(8-16)11-5-4-6-12(7-11)19-3/h4-7,13H,8,16H2,1-3H3. The summed E-state index contributed by atoms with van der Waals surface area (Å²) in [7, 11) is 1.65. The van der Waals surface area contributed by atoms with Crippen molar-refractivity contribution >= 4 is 11.6 Å². The summed E-state index contributed by atoms with van der Waals surface area (Å²) in [6, 6.07) is 7.81. The van der Waals surface area contributed by atoms with E-state index in [4.69, 9.17) is 22.1 Å². The van der Waals surface area contributed by atoms with Gasteiger partial charge in [-0.25, -0.2) is 0 Å². The normalized spacial score (nSPS) is 12.5. The summed E-state index contributed by atoms with van der Waals surface area (Å²) in [5.41, 5.74) is 8.72. The Bertz CT molecular complexity index is 580. The summed E-state index contributed by atoms with van der Waals surface area (Å²) in [6.07, 6.45) is 0. The number of aryl methyl sites for hydroxylation is 1. The van der Waals surface area contributed by atoms with Gasteiger partial charge < -0.3 is 10.5 Å². The average Bonchev–Trinajstić information content (AvgIpc) is 2.68. The van der Waals surface area contributed by atoms with Crippen LogP contribution in [0.1, 0.15) is 23.0 Å². The first-order valence-corrected chi connectivity index (χ1v) is 6.51. The van der Waals surface area contributed by atoms with Crippen LogP contribution in [0.3, 0.4) is 0 Å². The molecule has 0 aliphatic heterocycles. The van der Waals surface area contributed by atoms with Crippen molar-refractivity contribution in [3.05, 3.63) is 46.2 Å². The number of halogens is 1. The van der Waals surface area contributed by atoms with E-state index in [9.17, 15) is 0 Å². The van der Waals surface area contributed by atoms with E-state index in [1.54, 1.807) is 7.11 Å². The van der Waals surface area contributed by atoms with E-state index in [0.717, 1.165) is 22.7 Å². The van der Waals surface area contributed by atoms with Gasteiger partial charge in [0.25, 0.3) is 0 Å². The van der Waals surface area contributed by atoms with Crippen molar-refractivity contribution in [3.63, 3.8) is 0 Å². The van der Waals surface area contributed by atoms with Crippen molar-refractivity contribution in [2.45, 2.75) is 19.9 Å². The first-order valence-electron chi connectivity index (χ1n) is 6.13. The Morgan fingerprint density at radius 3 is 2.68 bits per heavy atom. The third-order valence-electron chi connectivity index (χ3n) is 3.23. The molecule has 0 amide bonds. The zero-order valence-electron chi connectivity index (χ0n) is 11.4. The molecule has 1 atom stereocenters. The first kappa shape index (κ1) is 13.9. The number of aromatic nitrogens is 2. The van der Waals surface area contributed by atoms with Gasteiger partial charge in [0.05, 0.1) is 29.6 Å². The third-order valence-corrected chi connectivity index (χ3v) is 3.78. The molecule has 4 nitrogen and oxygen atoms in total. The lowest BCUT2D eigenvalue weighted by Crippen LogP contribution is -2.22. The minimum Gasteiger partial charge on any atom is -0.497 e. The van der Waals surface area contributed by atoms with Crippen LogP contribution in [-0.4, -0.2) is 23.4 Å². The summed E-state index contributed by atoms with van der Waals surface area (Å²) < 4.78 is 7.13. The second-order valence-corrected chi connectivity index (χ2v) is 4.84. The van der Waals surface area contributed by atoms with Gasteiger partial charge in [-0.3, -0.25) is 4.68 Å². The largest absolute Gasteiger partial charge is 0.497 e. The topological polar surface area (TPSA) is 53.1 Å². The van der Waals surface area contributed by atoms with Gasteiger partial charge in [0, 0.05) is 6.54 Å². The summed E-state index contributed by atoms with van der Waals surface area (Å²) in [5, 5.41) is 5.17. The molecule has 0 aliphatic carbocycles. The minimum atomic E-state index is -0.0405. The van der Waals surface area contributed by atoms with Gasteiger partial charge in [-0.2, -0.15) is 5.10 Å². The van der Waals surface area contributed by atoms with E-state index < -0.39 is 0 Å². The summed E-state index contributed by atoms with van der Waals surface area (Å²) in [6.45, 7) is 4.29. The maximum absolute atomic E-state index is 6.20. The molecule has 0 fully saturated rings. The van der Waals surface area contributed by atoms with E-state index in [-0.39, 0.29) is 6.04 Å². The van der Waals surface area contributed by atoms with Crippen LogP contribution in [0.25, 0.3) is 0 Å². The van der Waals surface area contributed by atoms with Gasteiger partial charge >= 0.3 is 0 Å². The predicted octanol–water partition coefficient (Wildman–Crippen LogP) is 2.71. The zero-order chi connectivity index (χ0) is 14.0. The Morgan fingerprint density at radius 1 is 1.42 bits per heavy atom. The van der Waals surface area contributed by atoms with E-state index in [1.165, 1.54) is 0 Å². The van der Waals surface area contributed by atoms with E-state index in [2.05, 4.69) is 5.10 Å². The lowest BCUT2D eigenvalue weighted by molar-refractivity contribution is 0.412.